The second-order valence-corrected chi connectivity index (χ2v) is 5.57. The van der Waals surface area contributed by atoms with Crippen molar-refractivity contribution in [1.29, 1.82) is 0 Å². The fraction of sp³-hybridized carbons (Fsp3) is 0.0588. The van der Waals surface area contributed by atoms with Crippen LogP contribution in [0.5, 0.6) is 0 Å². The molecule has 0 aliphatic rings. The number of quaternary nitrogens is 1. The number of rotatable bonds is 2. The number of para-hydroxylation sites is 1. The average Bonchev–Trinajstić information content (AvgIpc) is 2.50. The third kappa shape index (κ3) is 3.59. The van der Waals surface area contributed by atoms with Crippen LogP contribution in [-0.2, 0) is 6.18 Å². The fourth-order valence-corrected chi connectivity index (χ4v) is 2.65. The highest BCUT2D eigenvalue weighted by atomic mass is 35.5. The molecule has 3 aromatic rings. The third-order valence-electron chi connectivity index (χ3n) is 3.57. The lowest BCUT2D eigenvalue weighted by atomic mass is 10.1. The third-order valence-corrected chi connectivity index (χ3v) is 3.81. The zero-order chi connectivity index (χ0) is 16.6. The van der Waals surface area contributed by atoms with Crippen molar-refractivity contribution in [3.05, 3.63) is 65.2 Å². The molecule has 0 atom stereocenters. The first kappa shape index (κ1) is 18.4. The zero-order valence-electron chi connectivity index (χ0n) is 12.3. The molecular weight excluding hydrogens is 360 g/mol. The van der Waals surface area contributed by atoms with Crippen LogP contribution in [0.1, 0.15) is 5.56 Å². The van der Waals surface area contributed by atoms with E-state index in [-0.39, 0.29) is 18.1 Å². The molecule has 24 heavy (non-hydrogen) atoms. The molecule has 0 amide bonds. The second kappa shape index (κ2) is 6.89. The molecule has 0 bridgehead atoms. The van der Waals surface area contributed by atoms with Gasteiger partial charge in [0.1, 0.15) is 5.69 Å². The number of benzene rings is 3. The maximum atomic E-state index is 13.1. The van der Waals surface area contributed by atoms with Crippen molar-refractivity contribution in [2.24, 2.45) is 0 Å². The lowest BCUT2D eigenvalue weighted by Gasteiger charge is -2.16. The average molecular weight is 373 g/mol. The molecule has 7 heteroatoms. The highest BCUT2D eigenvalue weighted by Crippen LogP contribution is 2.38. The van der Waals surface area contributed by atoms with Crippen molar-refractivity contribution in [2.45, 2.75) is 6.18 Å². The predicted molar refractivity (Wildman–Crippen MR) is 86.2 cm³/mol. The van der Waals surface area contributed by atoms with Crippen LogP contribution >= 0.6 is 11.6 Å². The molecule has 0 unspecified atom stereocenters. The molecule has 0 saturated carbocycles. The van der Waals surface area contributed by atoms with E-state index >= 15 is 0 Å². The number of halogens is 5. The number of hydrogen-bond acceptors (Lipinski definition) is 1. The van der Waals surface area contributed by atoms with Gasteiger partial charge in [0.05, 0.1) is 11.3 Å². The molecule has 0 saturated heterocycles. The van der Waals surface area contributed by atoms with Crippen molar-refractivity contribution in [3.63, 3.8) is 0 Å². The minimum absolute atomic E-state index is 0. The number of nitrogens with one attached hydrogen (secondary N) is 1. The Morgan fingerprint density at radius 2 is 1.58 bits per heavy atom. The van der Waals surface area contributed by atoms with E-state index in [9.17, 15) is 13.2 Å². The molecule has 0 aliphatic carbocycles. The van der Waals surface area contributed by atoms with Crippen LogP contribution < -0.4 is 23.5 Å². The summed E-state index contributed by atoms with van der Waals surface area (Å²) >= 11 is 5.99. The van der Waals surface area contributed by atoms with Gasteiger partial charge in [-0.2, -0.15) is 13.2 Å². The largest absolute Gasteiger partial charge is 1.00 e. The highest BCUT2D eigenvalue weighted by Gasteiger charge is 2.33. The summed E-state index contributed by atoms with van der Waals surface area (Å²) in [6.07, 6.45) is -4.42. The van der Waals surface area contributed by atoms with E-state index in [1.807, 2.05) is 0 Å². The summed E-state index contributed by atoms with van der Waals surface area (Å²) in [7, 11) is 0. The number of fused-ring (bicyclic) bond motifs is 1. The summed E-state index contributed by atoms with van der Waals surface area (Å²) in [5.74, 6) is 0. The summed E-state index contributed by atoms with van der Waals surface area (Å²) in [6.45, 7) is 0. The van der Waals surface area contributed by atoms with Crippen molar-refractivity contribution >= 4 is 39.4 Å². The fourth-order valence-electron chi connectivity index (χ4n) is 2.47. The second-order valence-electron chi connectivity index (χ2n) is 5.13. The summed E-state index contributed by atoms with van der Waals surface area (Å²) in [6, 6.07) is 14.1. The topological polar surface area (TPSA) is 39.7 Å². The Hall–Kier alpha value is -1.95. The van der Waals surface area contributed by atoms with E-state index in [2.05, 4.69) is 11.1 Å². The molecule has 0 aliphatic heterocycles. The van der Waals surface area contributed by atoms with Gasteiger partial charge in [-0.3, -0.25) is 0 Å². The summed E-state index contributed by atoms with van der Waals surface area (Å²) < 4.78 is 39.3. The van der Waals surface area contributed by atoms with Gasteiger partial charge in [0.25, 0.3) is 0 Å². The van der Waals surface area contributed by atoms with E-state index in [1.165, 1.54) is 12.1 Å². The normalized spacial score (nSPS) is 11.2. The van der Waals surface area contributed by atoms with Crippen LogP contribution in [0.2, 0.25) is 5.02 Å². The monoisotopic (exact) mass is 372 g/mol. The number of hydrogen-bond donors (Lipinski definition) is 2. The van der Waals surface area contributed by atoms with Crippen molar-refractivity contribution in [1.82, 2.24) is 0 Å². The van der Waals surface area contributed by atoms with Gasteiger partial charge in [-0.25, -0.2) is 0 Å². The molecule has 4 N–H and O–H groups in total. The van der Waals surface area contributed by atoms with E-state index in [1.54, 1.807) is 36.4 Å². The van der Waals surface area contributed by atoms with Crippen LogP contribution in [0.4, 0.5) is 30.2 Å². The molecule has 2 nitrogen and oxygen atoms in total. The lowest BCUT2D eigenvalue weighted by Crippen LogP contribution is -3.00. The Morgan fingerprint density at radius 1 is 0.875 bits per heavy atom. The van der Waals surface area contributed by atoms with E-state index in [4.69, 9.17) is 11.6 Å². The van der Waals surface area contributed by atoms with Crippen LogP contribution in [0, 0.1) is 0 Å². The highest BCUT2D eigenvalue weighted by molar-refractivity contribution is 6.31. The van der Waals surface area contributed by atoms with Gasteiger partial charge in [0, 0.05) is 27.5 Å². The SMILES string of the molecule is [Cl-].[NH3+]c1ccc(Nc2ccccc2C(F)(F)F)c2ccc(Cl)cc12. The molecular formula is C17H13Cl2F3N2. The Balaban J connectivity index is 0.00000208. The Morgan fingerprint density at radius 3 is 2.29 bits per heavy atom. The van der Waals surface area contributed by atoms with Gasteiger partial charge in [0.2, 0.25) is 0 Å². The predicted octanol–water partition coefficient (Wildman–Crippen LogP) is 2.13. The molecule has 0 aromatic heterocycles. The summed E-state index contributed by atoms with van der Waals surface area (Å²) in [5, 5.41) is 4.99. The van der Waals surface area contributed by atoms with Crippen molar-refractivity contribution in [2.75, 3.05) is 5.32 Å². The lowest BCUT2D eigenvalue weighted by molar-refractivity contribution is -0.252. The van der Waals surface area contributed by atoms with Gasteiger partial charge >= 0.3 is 6.18 Å². The molecule has 3 rings (SSSR count). The Kier molecular flexibility index (Phi) is 5.28. The molecule has 0 radical (unpaired) electrons. The minimum atomic E-state index is -4.42. The van der Waals surface area contributed by atoms with Crippen molar-refractivity contribution in [3.8, 4) is 0 Å². The quantitative estimate of drug-likeness (QED) is 0.710. The summed E-state index contributed by atoms with van der Waals surface area (Å²) in [5.41, 5.74) is 4.56. The van der Waals surface area contributed by atoms with Crippen LogP contribution in [0.3, 0.4) is 0 Å². The number of anilines is 2. The van der Waals surface area contributed by atoms with Gasteiger partial charge in [-0.05, 0) is 30.3 Å². The summed E-state index contributed by atoms with van der Waals surface area (Å²) in [4.78, 5) is 0. The van der Waals surface area contributed by atoms with E-state index < -0.39 is 11.7 Å². The van der Waals surface area contributed by atoms with Gasteiger partial charge in [-0.15, -0.1) is 0 Å². The zero-order valence-corrected chi connectivity index (χ0v) is 13.8. The first-order valence-corrected chi connectivity index (χ1v) is 7.21. The molecule has 126 valence electrons. The van der Waals surface area contributed by atoms with Gasteiger partial charge in [-0.1, -0.05) is 29.8 Å². The number of alkyl halides is 3. The van der Waals surface area contributed by atoms with Crippen LogP contribution in [0.25, 0.3) is 10.8 Å². The molecule has 3 aromatic carbocycles. The standard InChI is InChI=1S/C17H12ClF3N2.ClH/c18-10-5-6-11-12(9-10)14(22)7-8-15(11)23-16-4-2-1-3-13(16)17(19,20)21;/h1-9,23H,22H2;1H. The smallest absolute Gasteiger partial charge is 0.418 e. The molecule has 0 fully saturated rings. The minimum Gasteiger partial charge on any atom is -1.00 e. The van der Waals surface area contributed by atoms with Crippen molar-refractivity contribution < 1.29 is 31.3 Å². The Labute approximate surface area is 147 Å². The Bertz CT molecular complexity index is 879. The first-order chi connectivity index (χ1) is 10.9. The first-order valence-electron chi connectivity index (χ1n) is 6.84. The maximum absolute atomic E-state index is 13.1. The van der Waals surface area contributed by atoms with E-state index in [0.29, 0.717) is 10.7 Å². The molecule has 0 spiro atoms. The van der Waals surface area contributed by atoms with E-state index in [0.717, 1.165) is 22.5 Å². The van der Waals surface area contributed by atoms with Crippen LogP contribution in [-0.4, -0.2) is 0 Å². The van der Waals surface area contributed by atoms with Gasteiger partial charge < -0.3 is 23.5 Å². The van der Waals surface area contributed by atoms with Gasteiger partial charge in [0.15, 0.2) is 0 Å². The molecule has 0 heterocycles. The maximum Gasteiger partial charge on any atom is 0.418 e. The van der Waals surface area contributed by atoms with Crippen LogP contribution in [0.15, 0.2) is 54.6 Å².